The molecule has 0 saturated carbocycles. The summed E-state index contributed by atoms with van der Waals surface area (Å²) < 4.78 is 67.7. The maximum atomic E-state index is 14.4. The molecule has 0 atom stereocenters. The molecule has 0 amide bonds. The van der Waals surface area contributed by atoms with Crippen LogP contribution < -0.4 is 5.14 Å². The van der Waals surface area contributed by atoms with E-state index in [-0.39, 0.29) is 27.3 Å². The molecule has 5 aromatic rings. The SMILES string of the molecule is NS(=O)(=O)c1ccc(-n2nc(-c3ccccc3)c3c(C(F)(F)F)cc(-c4ccccc4)nc32)cc1. The Bertz CT molecular complexity index is 1630. The standard InChI is InChI=1S/C25H17F3N4O2S/c26-25(27,28)20-15-21(16-7-3-1-4-8-16)30-24-22(20)23(17-9-5-2-6-10-17)31-32(24)18-11-13-19(14-12-18)35(29,33)34/h1-15H,(H2,29,33,34). The van der Waals surface area contributed by atoms with Crippen molar-refractivity contribution >= 4 is 21.1 Å². The van der Waals surface area contributed by atoms with Crippen LogP contribution in [0.5, 0.6) is 0 Å². The average molecular weight is 494 g/mol. The molecule has 5 rings (SSSR count). The predicted octanol–water partition coefficient (Wildman–Crippen LogP) is 5.42. The Morgan fingerprint density at radius 1 is 0.800 bits per heavy atom. The normalized spacial score (nSPS) is 12.2. The lowest BCUT2D eigenvalue weighted by atomic mass is 10.0. The van der Waals surface area contributed by atoms with E-state index in [0.717, 1.165) is 6.07 Å². The summed E-state index contributed by atoms with van der Waals surface area (Å²) in [6.07, 6.45) is -4.68. The third-order valence-electron chi connectivity index (χ3n) is 5.47. The number of sulfonamides is 1. The minimum Gasteiger partial charge on any atom is -0.228 e. The van der Waals surface area contributed by atoms with Crippen molar-refractivity contribution in [3.8, 4) is 28.2 Å². The maximum absolute atomic E-state index is 14.4. The number of hydrogen-bond donors (Lipinski definition) is 1. The fraction of sp³-hybridized carbons (Fsp3) is 0.0400. The van der Waals surface area contributed by atoms with Crippen LogP contribution in [0.25, 0.3) is 39.2 Å². The maximum Gasteiger partial charge on any atom is 0.417 e. The number of nitrogens with two attached hydrogens (primary N) is 1. The van der Waals surface area contributed by atoms with Gasteiger partial charge in [0.25, 0.3) is 0 Å². The second-order valence-electron chi connectivity index (χ2n) is 7.78. The number of aromatic nitrogens is 3. The molecule has 35 heavy (non-hydrogen) atoms. The van der Waals surface area contributed by atoms with Crippen molar-refractivity contribution in [3.63, 3.8) is 0 Å². The second kappa shape index (κ2) is 8.33. The quantitative estimate of drug-likeness (QED) is 0.361. The summed E-state index contributed by atoms with van der Waals surface area (Å²) in [4.78, 5) is 4.44. The minimum absolute atomic E-state index is 0.0131. The molecular formula is C25H17F3N4O2S. The van der Waals surface area contributed by atoms with Crippen molar-refractivity contribution in [2.45, 2.75) is 11.1 Å². The Morgan fingerprint density at radius 2 is 1.37 bits per heavy atom. The molecule has 0 aliphatic rings. The zero-order valence-electron chi connectivity index (χ0n) is 17.9. The molecule has 6 nitrogen and oxygen atoms in total. The lowest BCUT2D eigenvalue weighted by Gasteiger charge is -2.12. The number of hydrogen-bond acceptors (Lipinski definition) is 4. The van der Waals surface area contributed by atoms with E-state index in [9.17, 15) is 21.6 Å². The van der Waals surface area contributed by atoms with Crippen LogP contribution in [0, 0.1) is 0 Å². The fourth-order valence-corrected chi connectivity index (χ4v) is 4.37. The van der Waals surface area contributed by atoms with Crippen molar-refractivity contribution in [2.24, 2.45) is 5.14 Å². The van der Waals surface area contributed by atoms with Gasteiger partial charge in [-0.05, 0) is 30.3 Å². The number of primary sulfonamides is 1. The third kappa shape index (κ3) is 4.29. The summed E-state index contributed by atoms with van der Waals surface area (Å²) in [6.45, 7) is 0. The van der Waals surface area contributed by atoms with Crippen LogP contribution in [0.15, 0.2) is 95.9 Å². The molecule has 0 bridgehead atoms. The summed E-state index contributed by atoms with van der Waals surface area (Å²) in [5.41, 5.74) is 0.683. The zero-order valence-corrected chi connectivity index (χ0v) is 18.8. The fourth-order valence-electron chi connectivity index (χ4n) is 3.85. The van der Waals surface area contributed by atoms with E-state index >= 15 is 0 Å². The Morgan fingerprint density at radius 3 is 1.91 bits per heavy atom. The Kier molecular flexibility index (Phi) is 5.42. The van der Waals surface area contributed by atoms with Crippen molar-refractivity contribution in [2.75, 3.05) is 0 Å². The van der Waals surface area contributed by atoms with E-state index in [4.69, 9.17) is 5.14 Å². The first-order valence-electron chi connectivity index (χ1n) is 10.4. The molecule has 0 aliphatic carbocycles. The van der Waals surface area contributed by atoms with Crippen LogP contribution in [0.1, 0.15) is 5.56 Å². The van der Waals surface area contributed by atoms with E-state index in [1.807, 2.05) is 0 Å². The monoisotopic (exact) mass is 494 g/mol. The van der Waals surface area contributed by atoms with E-state index < -0.39 is 21.8 Å². The first-order valence-corrected chi connectivity index (χ1v) is 11.9. The van der Waals surface area contributed by atoms with Gasteiger partial charge in [0.05, 0.1) is 27.2 Å². The summed E-state index contributed by atoms with van der Waals surface area (Å²) in [5, 5.41) is 9.53. The molecule has 176 valence electrons. The van der Waals surface area contributed by atoms with Crippen LogP contribution in [-0.2, 0) is 16.2 Å². The number of halogens is 3. The summed E-state index contributed by atoms with van der Waals surface area (Å²) >= 11 is 0. The molecule has 2 heterocycles. The van der Waals surface area contributed by atoms with Gasteiger partial charge in [0, 0.05) is 11.1 Å². The van der Waals surface area contributed by atoms with Crippen LogP contribution in [-0.4, -0.2) is 23.2 Å². The molecule has 2 N–H and O–H groups in total. The van der Waals surface area contributed by atoms with E-state index in [1.165, 1.54) is 28.9 Å². The molecule has 10 heteroatoms. The van der Waals surface area contributed by atoms with Crippen LogP contribution in [0.3, 0.4) is 0 Å². The zero-order chi connectivity index (χ0) is 24.8. The Balaban J connectivity index is 1.86. The van der Waals surface area contributed by atoms with Crippen LogP contribution in [0.4, 0.5) is 13.2 Å². The number of rotatable bonds is 4. The van der Waals surface area contributed by atoms with Crippen molar-refractivity contribution in [1.29, 1.82) is 0 Å². The highest BCUT2D eigenvalue weighted by Gasteiger charge is 2.36. The van der Waals surface area contributed by atoms with Crippen molar-refractivity contribution in [3.05, 3.63) is 96.6 Å². The van der Waals surface area contributed by atoms with Crippen molar-refractivity contribution in [1.82, 2.24) is 14.8 Å². The van der Waals surface area contributed by atoms with Gasteiger partial charge in [-0.2, -0.15) is 18.3 Å². The first kappa shape index (κ1) is 22.8. The van der Waals surface area contributed by atoms with E-state index in [1.54, 1.807) is 60.7 Å². The van der Waals surface area contributed by atoms with E-state index in [0.29, 0.717) is 16.8 Å². The Hall–Kier alpha value is -4.02. The molecule has 0 unspecified atom stereocenters. The highest BCUT2D eigenvalue weighted by atomic mass is 32.2. The van der Waals surface area contributed by atoms with Crippen LogP contribution >= 0.6 is 0 Å². The van der Waals surface area contributed by atoms with E-state index in [2.05, 4.69) is 10.1 Å². The largest absolute Gasteiger partial charge is 0.417 e. The number of alkyl halides is 3. The molecule has 0 radical (unpaired) electrons. The summed E-state index contributed by atoms with van der Waals surface area (Å²) in [5.74, 6) is 0. The van der Waals surface area contributed by atoms with Gasteiger partial charge >= 0.3 is 6.18 Å². The van der Waals surface area contributed by atoms with Gasteiger partial charge in [0.1, 0.15) is 5.69 Å². The average Bonchev–Trinajstić information content (AvgIpc) is 3.23. The number of nitrogens with zero attached hydrogens (tertiary/aromatic N) is 3. The first-order chi connectivity index (χ1) is 16.6. The number of pyridine rings is 1. The second-order valence-corrected chi connectivity index (χ2v) is 9.34. The molecule has 3 aromatic carbocycles. The molecule has 0 fully saturated rings. The molecule has 2 aromatic heterocycles. The molecule has 0 aliphatic heterocycles. The topological polar surface area (TPSA) is 90.9 Å². The van der Waals surface area contributed by atoms with Gasteiger partial charge < -0.3 is 0 Å². The smallest absolute Gasteiger partial charge is 0.228 e. The predicted molar refractivity (Wildman–Crippen MR) is 126 cm³/mol. The van der Waals surface area contributed by atoms with Gasteiger partial charge in [-0.3, -0.25) is 0 Å². The summed E-state index contributed by atoms with van der Waals surface area (Å²) in [7, 11) is -3.94. The lowest BCUT2D eigenvalue weighted by Crippen LogP contribution is -2.12. The molecule has 0 spiro atoms. The highest BCUT2D eigenvalue weighted by molar-refractivity contribution is 7.89. The summed E-state index contributed by atoms with van der Waals surface area (Å²) in [6, 6.07) is 23.5. The number of benzene rings is 3. The van der Waals surface area contributed by atoms with Crippen molar-refractivity contribution < 1.29 is 21.6 Å². The molecular weight excluding hydrogens is 477 g/mol. The van der Waals surface area contributed by atoms with Gasteiger partial charge in [0.2, 0.25) is 10.0 Å². The minimum atomic E-state index is -4.68. The number of fused-ring (bicyclic) bond motifs is 1. The van der Waals surface area contributed by atoms with Gasteiger partial charge in [-0.25, -0.2) is 23.2 Å². The lowest BCUT2D eigenvalue weighted by molar-refractivity contribution is -0.136. The Labute approximate surface area is 198 Å². The molecule has 0 saturated heterocycles. The third-order valence-corrected chi connectivity index (χ3v) is 6.40. The highest BCUT2D eigenvalue weighted by Crippen LogP contribution is 2.41. The van der Waals surface area contributed by atoms with Gasteiger partial charge in [-0.1, -0.05) is 60.7 Å². The van der Waals surface area contributed by atoms with Gasteiger partial charge in [0.15, 0.2) is 5.65 Å². The van der Waals surface area contributed by atoms with Gasteiger partial charge in [-0.15, -0.1) is 0 Å². The van der Waals surface area contributed by atoms with Crippen LogP contribution in [0.2, 0.25) is 0 Å².